The Balaban J connectivity index is 1.75. The maximum absolute atomic E-state index is 12.3. The van der Waals surface area contributed by atoms with Gasteiger partial charge in [0, 0.05) is 17.5 Å². The summed E-state index contributed by atoms with van der Waals surface area (Å²) < 4.78 is 5.65. The summed E-state index contributed by atoms with van der Waals surface area (Å²) in [7, 11) is 0. The molecule has 0 fully saturated rings. The third-order valence-electron chi connectivity index (χ3n) is 4.35. The number of rotatable bonds is 5. The van der Waals surface area contributed by atoms with Gasteiger partial charge in [-0.25, -0.2) is 0 Å². The molecule has 3 aromatic rings. The van der Waals surface area contributed by atoms with Gasteiger partial charge in [-0.05, 0) is 41.7 Å². The van der Waals surface area contributed by atoms with E-state index in [2.05, 4.69) is 38.2 Å². The molecule has 1 heterocycles. The van der Waals surface area contributed by atoms with Crippen LogP contribution < -0.4 is 5.32 Å². The molecule has 1 amide bonds. The number of benzene rings is 2. The van der Waals surface area contributed by atoms with E-state index in [1.54, 1.807) is 6.26 Å². The van der Waals surface area contributed by atoms with Crippen LogP contribution in [0.3, 0.4) is 0 Å². The molecule has 0 aliphatic heterocycles. The molecule has 1 aromatic heterocycles. The van der Waals surface area contributed by atoms with E-state index in [-0.39, 0.29) is 5.91 Å². The number of hydrogen-bond acceptors (Lipinski definition) is 2. The van der Waals surface area contributed by atoms with Crippen LogP contribution in [-0.2, 0) is 17.8 Å². The van der Waals surface area contributed by atoms with Crippen LogP contribution in [0, 0.1) is 6.92 Å². The standard InChI is InChI=1S/C21H23NO2/c1-14(2)18-11-19-17(13-24-20(19)9-15(18)3)10-21(23)22-12-16-7-5-4-6-8-16/h4-9,11,13-14H,10,12H2,1-3H3,(H,22,23). The van der Waals surface area contributed by atoms with Crippen molar-refractivity contribution >= 4 is 16.9 Å². The Bertz CT molecular complexity index is 847. The molecule has 24 heavy (non-hydrogen) atoms. The van der Waals surface area contributed by atoms with Gasteiger partial charge < -0.3 is 9.73 Å². The zero-order valence-corrected chi connectivity index (χ0v) is 14.4. The SMILES string of the molecule is Cc1cc2occ(CC(=O)NCc3ccccc3)c2cc1C(C)C. The van der Waals surface area contributed by atoms with Crippen LogP contribution in [0.25, 0.3) is 11.0 Å². The maximum Gasteiger partial charge on any atom is 0.224 e. The Morgan fingerprint density at radius 3 is 2.62 bits per heavy atom. The predicted molar refractivity (Wildman–Crippen MR) is 97.0 cm³/mol. The second-order valence-corrected chi connectivity index (χ2v) is 6.56. The van der Waals surface area contributed by atoms with Gasteiger partial charge in [0.15, 0.2) is 0 Å². The minimum Gasteiger partial charge on any atom is -0.464 e. The van der Waals surface area contributed by atoms with Gasteiger partial charge in [-0.1, -0.05) is 44.2 Å². The summed E-state index contributed by atoms with van der Waals surface area (Å²) in [5.74, 6) is 0.456. The van der Waals surface area contributed by atoms with Gasteiger partial charge in [-0.15, -0.1) is 0 Å². The molecule has 124 valence electrons. The predicted octanol–water partition coefficient (Wildman–Crippen LogP) is 4.72. The molecule has 0 saturated heterocycles. The lowest BCUT2D eigenvalue weighted by molar-refractivity contribution is -0.120. The van der Waals surface area contributed by atoms with E-state index < -0.39 is 0 Å². The second kappa shape index (κ2) is 6.91. The normalized spacial score (nSPS) is 11.2. The maximum atomic E-state index is 12.3. The minimum absolute atomic E-state index is 0.00762. The number of carbonyl (C=O) groups excluding carboxylic acids is 1. The minimum atomic E-state index is 0.00762. The van der Waals surface area contributed by atoms with E-state index in [1.165, 1.54) is 11.1 Å². The van der Waals surface area contributed by atoms with E-state index in [9.17, 15) is 4.79 Å². The number of hydrogen-bond donors (Lipinski definition) is 1. The molecule has 3 nitrogen and oxygen atoms in total. The molecule has 1 N–H and O–H groups in total. The topological polar surface area (TPSA) is 42.2 Å². The van der Waals surface area contributed by atoms with Gasteiger partial charge in [-0.2, -0.15) is 0 Å². The van der Waals surface area contributed by atoms with Gasteiger partial charge in [0.05, 0.1) is 12.7 Å². The molecule has 0 aliphatic rings. The average Bonchev–Trinajstić information content (AvgIpc) is 2.94. The number of aryl methyl sites for hydroxylation is 1. The van der Waals surface area contributed by atoms with Crippen molar-refractivity contribution in [2.45, 2.75) is 39.7 Å². The highest BCUT2D eigenvalue weighted by atomic mass is 16.3. The molecule has 0 atom stereocenters. The first-order chi connectivity index (χ1) is 11.5. The summed E-state index contributed by atoms with van der Waals surface area (Å²) >= 11 is 0. The van der Waals surface area contributed by atoms with Crippen LogP contribution in [0.15, 0.2) is 53.1 Å². The van der Waals surface area contributed by atoms with Crippen molar-refractivity contribution in [3.8, 4) is 0 Å². The Hall–Kier alpha value is -2.55. The average molecular weight is 321 g/mol. The highest BCUT2D eigenvalue weighted by molar-refractivity contribution is 5.88. The van der Waals surface area contributed by atoms with Gasteiger partial charge >= 0.3 is 0 Å². The zero-order chi connectivity index (χ0) is 17.1. The molecule has 0 radical (unpaired) electrons. The van der Waals surface area contributed by atoms with Gasteiger partial charge in [0.2, 0.25) is 5.91 Å². The van der Waals surface area contributed by atoms with Crippen LogP contribution in [-0.4, -0.2) is 5.91 Å². The lowest BCUT2D eigenvalue weighted by Crippen LogP contribution is -2.24. The number of furan rings is 1. The Kier molecular flexibility index (Phi) is 4.70. The second-order valence-electron chi connectivity index (χ2n) is 6.56. The highest BCUT2D eigenvalue weighted by Crippen LogP contribution is 2.29. The molecule has 0 bridgehead atoms. The fourth-order valence-corrected chi connectivity index (χ4v) is 3.04. The van der Waals surface area contributed by atoms with E-state index in [0.717, 1.165) is 22.1 Å². The first-order valence-corrected chi connectivity index (χ1v) is 8.36. The van der Waals surface area contributed by atoms with Crippen molar-refractivity contribution in [2.75, 3.05) is 0 Å². The smallest absolute Gasteiger partial charge is 0.224 e. The number of fused-ring (bicyclic) bond motifs is 1. The third kappa shape index (κ3) is 3.51. The summed E-state index contributed by atoms with van der Waals surface area (Å²) in [6, 6.07) is 14.2. The fraction of sp³-hybridized carbons (Fsp3) is 0.286. The number of carbonyl (C=O) groups is 1. The summed E-state index contributed by atoms with van der Waals surface area (Å²) in [6.45, 7) is 7.01. The van der Waals surface area contributed by atoms with Crippen molar-refractivity contribution in [2.24, 2.45) is 0 Å². The van der Waals surface area contributed by atoms with Crippen LogP contribution in [0.4, 0.5) is 0 Å². The molecule has 2 aromatic carbocycles. The Labute approximate surface area is 142 Å². The lowest BCUT2D eigenvalue weighted by atomic mass is 9.95. The number of nitrogens with one attached hydrogen (secondary N) is 1. The van der Waals surface area contributed by atoms with Crippen LogP contribution in [0.2, 0.25) is 0 Å². The molecule has 0 saturated carbocycles. The van der Waals surface area contributed by atoms with Crippen LogP contribution >= 0.6 is 0 Å². The summed E-state index contributed by atoms with van der Waals surface area (Å²) in [5.41, 5.74) is 5.42. The van der Waals surface area contributed by atoms with Crippen molar-refractivity contribution in [1.82, 2.24) is 5.32 Å². The lowest BCUT2D eigenvalue weighted by Gasteiger charge is -2.10. The third-order valence-corrected chi connectivity index (χ3v) is 4.35. The van der Waals surface area contributed by atoms with Gasteiger partial charge in [-0.3, -0.25) is 4.79 Å². The molecular weight excluding hydrogens is 298 g/mol. The first kappa shape index (κ1) is 16.3. The summed E-state index contributed by atoms with van der Waals surface area (Å²) in [5, 5.41) is 4.01. The van der Waals surface area contributed by atoms with Gasteiger partial charge in [0.25, 0.3) is 0 Å². The fourth-order valence-electron chi connectivity index (χ4n) is 3.04. The highest BCUT2D eigenvalue weighted by Gasteiger charge is 2.13. The van der Waals surface area contributed by atoms with E-state index in [0.29, 0.717) is 18.9 Å². The molecule has 3 rings (SSSR count). The van der Waals surface area contributed by atoms with Crippen molar-refractivity contribution in [3.05, 3.63) is 71.0 Å². The van der Waals surface area contributed by atoms with E-state index >= 15 is 0 Å². The largest absolute Gasteiger partial charge is 0.464 e. The van der Waals surface area contributed by atoms with Gasteiger partial charge in [0.1, 0.15) is 5.58 Å². The Morgan fingerprint density at radius 1 is 1.17 bits per heavy atom. The van der Waals surface area contributed by atoms with Crippen molar-refractivity contribution in [3.63, 3.8) is 0 Å². The molecular formula is C21H23NO2. The number of amides is 1. The van der Waals surface area contributed by atoms with Crippen LogP contribution in [0.1, 0.15) is 42.0 Å². The van der Waals surface area contributed by atoms with E-state index in [4.69, 9.17) is 4.42 Å². The van der Waals surface area contributed by atoms with Crippen LogP contribution in [0.5, 0.6) is 0 Å². The molecule has 0 aliphatic carbocycles. The summed E-state index contributed by atoms with van der Waals surface area (Å²) in [6.07, 6.45) is 2.04. The first-order valence-electron chi connectivity index (χ1n) is 8.36. The van der Waals surface area contributed by atoms with E-state index in [1.807, 2.05) is 30.3 Å². The van der Waals surface area contributed by atoms with Crippen molar-refractivity contribution < 1.29 is 9.21 Å². The monoisotopic (exact) mass is 321 g/mol. The zero-order valence-electron chi connectivity index (χ0n) is 14.4. The van der Waals surface area contributed by atoms with Crippen molar-refractivity contribution in [1.29, 1.82) is 0 Å². The summed E-state index contributed by atoms with van der Waals surface area (Å²) in [4.78, 5) is 12.3. The Morgan fingerprint density at radius 2 is 1.92 bits per heavy atom. The molecule has 0 spiro atoms. The molecule has 3 heteroatoms. The quantitative estimate of drug-likeness (QED) is 0.738. The molecule has 0 unspecified atom stereocenters.